The summed E-state index contributed by atoms with van der Waals surface area (Å²) in [5, 5.41) is 11.2. The maximum absolute atomic E-state index is 11.1. The van der Waals surface area contributed by atoms with Crippen molar-refractivity contribution < 1.29 is 4.79 Å². The molecule has 0 radical (unpaired) electrons. The van der Waals surface area contributed by atoms with E-state index in [0.29, 0.717) is 0 Å². The maximum atomic E-state index is 11.1. The van der Waals surface area contributed by atoms with E-state index in [4.69, 9.17) is 5.26 Å². The van der Waals surface area contributed by atoms with Crippen LogP contribution in [0.4, 0.5) is 0 Å². The van der Waals surface area contributed by atoms with Crippen LogP contribution >= 0.6 is 0 Å². The molecule has 80 valence electrons. The molecule has 1 amide bonds. The average Bonchev–Trinajstić information content (AvgIpc) is 2.17. The number of rotatable bonds is 7. The number of carbonyl (C=O) groups excluding carboxylic acids is 1. The second-order valence-corrected chi connectivity index (χ2v) is 3.50. The van der Waals surface area contributed by atoms with Gasteiger partial charge in [0.05, 0.1) is 6.07 Å². The zero-order valence-electron chi connectivity index (χ0n) is 9.18. The molecule has 0 spiro atoms. The first-order valence-electron chi connectivity index (χ1n) is 5.40. The van der Waals surface area contributed by atoms with Crippen molar-refractivity contribution in [1.82, 2.24) is 5.32 Å². The van der Waals surface area contributed by atoms with Crippen LogP contribution in [0.2, 0.25) is 0 Å². The number of nitrogens with one attached hydrogen (secondary N) is 1. The summed E-state index contributed by atoms with van der Waals surface area (Å²) in [5.41, 5.74) is 0. The summed E-state index contributed by atoms with van der Waals surface area (Å²) >= 11 is 0. The van der Waals surface area contributed by atoms with E-state index in [9.17, 15) is 4.79 Å². The van der Waals surface area contributed by atoms with E-state index in [1.54, 1.807) is 0 Å². The van der Waals surface area contributed by atoms with E-state index in [0.717, 1.165) is 19.3 Å². The molecule has 0 aromatic carbocycles. The Morgan fingerprint density at radius 1 is 1.43 bits per heavy atom. The van der Waals surface area contributed by atoms with E-state index in [-0.39, 0.29) is 18.4 Å². The van der Waals surface area contributed by atoms with E-state index in [1.807, 2.05) is 6.07 Å². The van der Waals surface area contributed by atoms with Crippen LogP contribution in [0.25, 0.3) is 0 Å². The minimum absolute atomic E-state index is 0.0235. The van der Waals surface area contributed by atoms with Gasteiger partial charge in [0.1, 0.15) is 6.42 Å². The second kappa shape index (κ2) is 8.55. The van der Waals surface area contributed by atoms with Gasteiger partial charge in [-0.15, -0.1) is 0 Å². The monoisotopic (exact) mass is 196 g/mol. The third-order valence-corrected chi connectivity index (χ3v) is 2.25. The highest BCUT2D eigenvalue weighted by molar-refractivity contribution is 5.78. The molecule has 0 aromatic rings. The number of amides is 1. The van der Waals surface area contributed by atoms with Crippen LogP contribution in [0.15, 0.2) is 0 Å². The van der Waals surface area contributed by atoms with Crippen LogP contribution in [0, 0.1) is 11.3 Å². The van der Waals surface area contributed by atoms with Gasteiger partial charge in [-0.3, -0.25) is 4.79 Å². The Morgan fingerprint density at radius 2 is 2.14 bits per heavy atom. The average molecular weight is 196 g/mol. The molecular formula is C11H20N2O. The number of nitriles is 1. The normalized spacial score (nSPS) is 11.8. The van der Waals surface area contributed by atoms with Gasteiger partial charge in [-0.2, -0.15) is 5.26 Å². The van der Waals surface area contributed by atoms with Gasteiger partial charge >= 0.3 is 0 Å². The lowest BCUT2D eigenvalue weighted by Gasteiger charge is -2.15. The molecule has 0 saturated heterocycles. The molecule has 0 heterocycles. The smallest absolute Gasteiger partial charge is 0.234 e. The van der Waals surface area contributed by atoms with Crippen molar-refractivity contribution in [3.8, 4) is 6.07 Å². The lowest BCUT2D eigenvalue weighted by Crippen LogP contribution is -2.33. The van der Waals surface area contributed by atoms with Crippen molar-refractivity contribution in [3.63, 3.8) is 0 Å². The third kappa shape index (κ3) is 6.47. The molecule has 0 rings (SSSR count). The van der Waals surface area contributed by atoms with Crippen molar-refractivity contribution in [2.24, 2.45) is 0 Å². The standard InChI is InChI=1S/C11H20N2O/c1-3-5-6-7-10(4-2)13-11(14)8-9-12/h10H,3-8H2,1-2H3,(H,13,14). The lowest BCUT2D eigenvalue weighted by atomic mass is 10.1. The topological polar surface area (TPSA) is 52.9 Å². The molecule has 3 heteroatoms. The van der Waals surface area contributed by atoms with Crippen LogP contribution in [0.1, 0.15) is 52.4 Å². The quantitative estimate of drug-likeness (QED) is 0.635. The predicted molar refractivity (Wildman–Crippen MR) is 56.6 cm³/mol. The second-order valence-electron chi connectivity index (χ2n) is 3.50. The molecule has 0 aliphatic rings. The third-order valence-electron chi connectivity index (χ3n) is 2.25. The number of carbonyl (C=O) groups is 1. The van der Waals surface area contributed by atoms with Gasteiger partial charge in [0.2, 0.25) is 5.91 Å². The molecule has 0 fully saturated rings. The van der Waals surface area contributed by atoms with Crippen molar-refractivity contribution in [2.75, 3.05) is 0 Å². The number of nitrogens with zero attached hydrogens (tertiary/aromatic N) is 1. The first-order chi connectivity index (χ1) is 6.74. The van der Waals surface area contributed by atoms with Gasteiger partial charge in [0.15, 0.2) is 0 Å². The van der Waals surface area contributed by atoms with Gasteiger partial charge < -0.3 is 5.32 Å². The molecule has 1 N–H and O–H groups in total. The highest BCUT2D eigenvalue weighted by Crippen LogP contribution is 2.06. The molecule has 0 aliphatic heterocycles. The SMILES string of the molecule is CCCCCC(CC)NC(=O)CC#N. The van der Waals surface area contributed by atoms with Crippen LogP contribution in [-0.2, 0) is 4.79 Å². The summed E-state index contributed by atoms with van der Waals surface area (Å²) in [6.07, 6.45) is 5.52. The summed E-state index contributed by atoms with van der Waals surface area (Å²) in [7, 11) is 0. The molecule has 1 unspecified atom stereocenters. The van der Waals surface area contributed by atoms with Crippen molar-refractivity contribution in [2.45, 2.75) is 58.4 Å². The van der Waals surface area contributed by atoms with Crippen LogP contribution in [0.3, 0.4) is 0 Å². The van der Waals surface area contributed by atoms with Gasteiger partial charge in [0.25, 0.3) is 0 Å². The number of unbranched alkanes of at least 4 members (excludes halogenated alkanes) is 2. The van der Waals surface area contributed by atoms with Crippen LogP contribution in [-0.4, -0.2) is 11.9 Å². The number of hydrogen-bond acceptors (Lipinski definition) is 2. The first kappa shape index (κ1) is 13.0. The fourth-order valence-electron chi connectivity index (χ4n) is 1.37. The Labute approximate surface area is 86.5 Å². The van der Waals surface area contributed by atoms with Gasteiger partial charge in [0, 0.05) is 6.04 Å². The summed E-state index contributed by atoms with van der Waals surface area (Å²) in [6, 6.07) is 2.10. The summed E-state index contributed by atoms with van der Waals surface area (Å²) in [4.78, 5) is 11.1. The zero-order valence-corrected chi connectivity index (χ0v) is 9.18. The molecule has 0 aliphatic carbocycles. The number of hydrogen-bond donors (Lipinski definition) is 1. The van der Waals surface area contributed by atoms with Gasteiger partial charge in [-0.1, -0.05) is 33.1 Å². The maximum Gasteiger partial charge on any atom is 0.234 e. The zero-order chi connectivity index (χ0) is 10.8. The molecular weight excluding hydrogens is 176 g/mol. The highest BCUT2D eigenvalue weighted by Gasteiger charge is 2.08. The minimum atomic E-state index is -0.143. The fourth-order valence-corrected chi connectivity index (χ4v) is 1.37. The summed E-state index contributed by atoms with van der Waals surface area (Å²) < 4.78 is 0. The Balaban J connectivity index is 3.68. The summed E-state index contributed by atoms with van der Waals surface area (Å²) in [6.45, 7) is 4.22. The van der Waals surface area contributed by atoms with Gasteiger partial charge in [-0.25, -0.2) is 0 Å². The Bertz CT molecular complexity index is 196. The van der Waals surface area contributed by atoms with Crippen molar-refractivity contribution in [1.29, 1.82) is 5.26 Å². The Kier molecular flexibility index (Phi) is 7.92. The molecule has 14 heavy (non-hydrogen) atoms. The first-order valence-corrected chi connectivity index (χ1v) is 5.40. The van der Waals surface area contributed by atoms with Crippen LogP contribution in [0.5, 0.6) is 0 Å². The highest BCUT2D eigenvalue weighted by atomic mass is 16.1. The molecule has 0 aromatic heterocycles. The molecule has 0 bridgehead atoms. The lowest BCUT2D eigenvalue weighted by molar-refractivity contribution is -0.120. The van der Waals surface area contributed by atoms with E-state index >= 15 is 0 Å². The summed E-state index contributed by atoms with van der Waals surface area (Å²) in [5.74, 6) is -0.143. The van der Waals surface area contributed by atoms with Gasteiger partial charge in [-0.05, 0) is 12.8 Å². The Hall–Kier alpha value is -1.04. The minimum Gasteiger partial charge on any atom is -0.352 e. The van der Waals surface area contributed by atoms with E-state index in [2.05, 4.69) is 19.2 Å². The largest absolute Gasteiger partial charge is 0.352 e. The van der Waals surface area contributed by atoms with Crippen molar-refractivity contribution in [3.05, 3.63) is 0 Å². The molecule has 1 atom stereocenters. The predicted octanol–water partition coefficient (Wildman–Crippen LogP) is 2.38. The fraction of sp³-hybridized carbons (Fsp3) is 0.818. The van der Waals surface area contributed by atoms with E-state index < -0.39 is 0 Å². The van der Waals surface area contributed by atoms with Crippen molar-refractivity contribution >= 4 is 5.91 Å². The Morgan fingerprint density at radius 3 is 2.64 bits per heavy atom. The van der Waals surface area contributed by atoms with Crippen LogP contribution < -0.4 is 5.32 Å². The molecule has 0 saturated carbocycles. The van der Waals surface area contributed by atoms with E-state index in [1.165, 1.54) is 12.8 Å². The molecule has 3 nitrogen and oxygen atoms in total.